The fraction of sp³-hybridized carbons (Fsp3) is 0.625. The summed E-state index contributed by atoms with van der Waals surface area (Å²) in [6.45, 7) is 10.3. The third-order valence-electron chi connectivity index (χ3n) is 4.59. The number of aryl methyl sites for hydroxylation is 2. The van der Waals surface area contributed by atoms with E-state index < -0.39 is 0 Å². The number of nitrogens with one attached hydrogen (secondary N) is 1. The molecule has 2 nitrogen and oxygen atoms in total. The molecule has 1 aromatic carbocycles. The van der Waals surface area contributed by atoms with Crippen molar-refractivity contribution in [3.63, 3.8) is 0 Å². The van der Waals surface area contributed by atoms with E-state index >= 15 is 0 Å². The van der Waals surface area contributed by atoms with Crippen LogP contribution < -0.4 is 5.32 Å². The second-order valence-corrected chi connectivity index (χ2v) is 5.96. The highest BCUT2D eigenvalue weighted by atomic mass is 15.1. The number of likely N-dealkylation sites (tertiary alicyclic amines) is 1. The Kier molecular flexibility index (Phi) is 4.08. The van der Waals surface area contributed by atoms with Gasteiger partial charge in [0.15, 0.2) is 0 Å². The molecule has 0 atom stereocenters. The zero-order chi connectivity index (χ0) is 13.2. The molecule has 0 unspecified atom stereocenters. The maximum Gasteiger partial charge on any atom is 0.0239 e. The van der Waals surface area contributed by atoms with E-state index in [9.17, 15) is 0 Å². The molecule has 1 N–H and O–H groups in total. The molecule has 1 fully saturated rings. The molecule has 1 aliphatic heterocycles. The van der Waals surface area contributed by atoms with Gasteiger partial charge in [0.2, 0.25) is 0 Å². The molecule has 0 saturated carbocycles. The Morgan fingerprint density at radius 3 is 2.22 bits per heavy atom. The predicted octanol–water partition coefficient (Wildman–Crippen LogP) is 2.88. The predicted molar refractivity (Wildman–Crippen MR) is 77.9 cm³/mol. The first-order chi connectivity index (χ1) is 8.54. The van der Waals surface area contributed by atoms with Crippen LogP contribution in [0.15, 0.2) is 18.2 Å². The zero-order valence-electron chi connectivity index (χ0n) is 12.2. The molecule has 1 saturated heterocycles. The van der Waals surface area contributed by atoms with Gasteiger partial charge in [-0.3, -0.25) is 4.90 Å². The molecule has 0 aromatic heterocycles. The minimum Gasteiger partial charge on any atom is -0.314 e. The molecule has 0 spiro atoms. The van der Waals surface area contributed by atoms with E-state index in [1.165, 1.54) is 42.6 Å². The quantitative estimate of drug-likeness (QED) is 0.882. The van der Waals surface area contributed by atoms with Crippen LogP contribution >= 0.6 is 0 Å². The number of hydrogen-bond donors (Lipinski definition) is 1. The largest absolute Gasteiger partial charge is 0.314 e. The van der Waals surface area contributed by atoms with Crippen molar-refractivity contribution in [1.82, 2.24) is 10.2 Å². The van der Waals surface area contributed by atoms with E-state index in [0.29, 0.717) is 5.54 Å². The third kappa shape index (κ3) is 2.93. The number of hydrogen-bond acceptors (Lipinski definition) is 2. The summed E-state index contributed by atoms with van der Waals surface area (Å²) in [5.74, 6) is 0. The molecule has 1 aromatic rings. The Bertz CT molecular complexity index is 383. The van der Waals surface area contributed by atoms with E-state index in [0.717, 1.165) is 6.54 Å². The second kappa shape index (κ2) is 5.41. The van der Waals surface area contributed by atoms with Crippen molar-refractivity contribution >= 4 is 0 Å². The Balaban J connectivity index is 2.00. The monoisotopic (exact) mass is 246 g/mol. The average Bonchev–Trinajstić information content (AvgIpc) is 2.36. The van der Waals surface area contributed by atoms with Crippen LogP contribution in [0.5, 0.6) is 0 Å². The zero-order valence-corrected chi connectivity index (χ0v) is 12.2. The topological polar surface area (TPSA) is 15.3 Å². The lowest BCUT2D eigenvalue weighted by Crippen LogP contribution is -2.49. The molecular formula is C16H26N2. The minimum absolute atomic E-state index is 0.345. The molecule has 2 heteroatoms. The Morgan fingerprint density at radius 2 is 1.72 bits per heavy atom. The van der Waals surface area contributed by atoms with Crippen molar-refractivity contribution in [2.24, 2.45) is 0 Å². The van der Waals surface area contributed by atoms with Crippen molar-refractivity contribution in [1.29, 1.82) is 0 Å². The number of rotatable bonds is 3. The van der Waals surface area contributed by atoms with Gasteiger partial charge in [0.05, 0.1) is 0 Å². The highest BCUT2D eigenvalue weighted by molar-refractivity contribution is 5.33. The molecule has 1 aliphatic rings. The molecule has 0 bridgehead atoms. The van der Waals surface area contributed by atoms with Crippen LogP contribution in [0.2, 0.25) is 0 Å². The molecule has 0 aliphatic carbocycles. The summed E-state index contributed by atoms with van der Waals surface area (Å²) in [5, 5.41) is 3.46. The average molecular weight is 246 g/mol. The highest BCUT2D eigenvalue weighted by Crippen LogP contribution is 2.24. The van der Waals surface area contributed by atoms with E-state index in [-0.39, 0.29) is 0 Å². The first kappa shape index (κ1) is 13.6. The molecule has 100 valence electrons. The summed E-state index contributed by atoms with van der Waals surface area (Å²) in [6.07, 6.45) is 2.49. The van der Waals surface area contributed by atoms with Gasteiger partial charge in [0.1, 0.15) is 0 Å². The maximum atomic E-state index is 3.46. The first-order valence-electron chi connectivity index (χ1n) is 7.00. The number of piperidine rings is 1. The lowest BCUT2D eigenvalue weighted by atomic mass is 9.89. The van der Waals surface area contributed by atoms with Crippen LogP contribution in [0.1, 0.15) is 36.5 Å². The van der Waals surface area contributed by atoms with E-state index in [1.807, 2.05) is 0 Å². The normalized spacial score (nSPS) is 20.0. The summed E-state index contributed by atoms with van der Waals surface area (Å²) in [4.78, 5) is 2.59. The lowest BCUT2D eigenvalue weighted by Gasteiger charge is -2.39. The van der Waals surface area contributed by atoms with E-state index in [2.05, 4.69) is 56.2 Å². The molecule has 1 heterocycles. The standard InChI is InChI=1S/C16H26N2/c1-13-6-5-7-14(2)15(13)12-18-10-8-16(3,17-4)9-11-18/h5-7,17H,8-12H2,1-4H3. The molecule has 18 heavy (non-hydrogen) atoms. The molecular weight excluding hydrogens is 220 g/mol. The SMILES string of the molecule is CNC1(C)CCN(Cc2c(C)cccc2C)CC1. The third-order valence-corrected chi connectivity index (χ3v) is 4.59. The minimum atomic E-state index is 0.345. The van der Waals surface area contributed by atoms with Crippen molar-refractivity contribution < 1.29 is 0 Å². The van der Waals surface area contributed by atoms with Gasteiger partial charge in [-0.1, -0.05) is 18.2 Å². The van der Waals surface area contributed by atoms with Crippen LogP contribution in [-0.4, -0.2) is 30.6 Å². The van der Waals surface area contributed by atoms with Crippen LogP contribution in [0.3, 0.4) is 0 Å². The molecule has 0 radical (unpaired) electrons. The van der Waals surface area contributed by atoms with E-state index in [4.69, 9.17) is 0 Å². The smallest absolute Gasteiger partial charge is 0.0239 e. The van der Waals surface area contributed by atoms with Gasteiger partial charge in [-0.2, -0.15) is 0 Å². The summed E-state index contributed by atoms with van der Waals surface area (Å²) in [5.41, 5.74) is 4.72. The van der Waals surface area contributed by atoms with Gasteiger partial charge in [0, 0.05) is 25.2 Å². The first-order valence-corrected chi connectivity index (χ1v) is 7.00. The van der Waals surface area contributed by atoms with Crippen LogP contribution in [-0.2, 0) is 6.54 Å². The fourth-order valence-electron chi connectivity index (χ4n) is 2.78. The maximum absolute atomic E-state index is 3.46. The lowest BCUT2D eigenvalue weighted by molar-refractivity contribution is 0.146. The van der Waals surface area contributed by atoms with Gasteiger partial charge in [0.25, 0.3) is 0 Å². The summed E-state index contributed by atoms with van der Waals surface area (Å²) in [6, 6.07) is 6.61. The van der Waals surface area contributed by atoms with Gasteiger partial charge in [-0.05, 0) is 57.4 Å². The summed E-state index contributed by atoms with van der Waals surface area (Å²) in [7, 11) is 2.08. The van der Waals surface area contributed by atoms with Crippen LogP contribution in [0.25, 0.3) is 0 Å². The van der Waals surface area contributed by atoms with Crippen molar-refractivity contribution in [2.75, 3.05) is 20.1 Å². The van der Waals surface area contributed by atoms with Gasteiger partial charge in [-0.15, -0.1) is 0 Å². The summed E-state index contributed by atoms with van der Waals surface area (Å²) >= 11 is 0. The van der Waals surface area contributed by atoms with Crippen LogP contribution in [0.4, 0.5) is 0 Å². The number of benzene rings is 1. The number of nitrogens with zero attached hydrogens (tertiary/aromatic N) is 1. The van der Waals surface area contributed by atoms with Crippen LogP contribution in [0, 0.1) is 13.8 Å². The van der Waals surface area contributed by atoms with Gasteiger partial charge < -0.3 is 5.32 Å². The Morgan fingerprint density at radius 1 is 1.17 bits per heavy atom. The Labute approximate surface area is 111 Å². The van der Waals surface area contributed by atoms with E-state index in [1.54, 1.807) is 0 Å². The summed E-state index contributed by atoms with van der Waals surface area (Å²) < 4.78 is 0. The van der Waals surface area contributed by atoms with Crippen molar-refractivity contribution in [3.8, 4) is 0 Å². The fourth-order valence-corrected chi connectivity index (χ4v) is 2.78. The highest BCUT2D eigenvalue weighted by Gasteiger charge is 2.28. The van der Waals surface area contributed by atoms with Gasteiger partial charge in [-0.25, -0.2) is 0 Å². The second-order valence-electron chi connectivity index (χ2n) is 5.96. The molecule has 2 rings (SSSR count). The Hall–Kier alpha value is -0.860. The van der Waals surface area contributed by atoms with Gasteiger partial charge >= 0.3 is 0 Å². The van der Waals surface area contributed by atoms with Crippen molar-refractivity contribution in [2.45, 2.75) is 45.7 Å². The van der Waals surface area contributed by atoms with Crippen molar-refractivity contribution in [3.05, 3.63) is 34.9 Å². The molecule has 0 amide bonds.